The van der Waals surface area contributed by atoms with E-state index in [1.807, 2.05) is 4.68 Å². The van der Waals surface area contributed by atoms with Crippen molar-refractivity contribution in [3.63, 3.8) is 0 Å². The molecule has 2 heterocycles. The Bertz CT molecular complexity index is 522. The van der Waals surface area contributed by atoms with Gasteiger partial charge in [0.25, 0.3) is 5.91 Å². The Morgan fingerprint density at radius 2 is 2.35 bits per heavy atom. The summed E-state index contributed by atoms with van der Waals surface area (Å²) in [5.74, 6) is -1.38. The molecule has 2 rings (SSSR count). The molecule has 1 aromatic rings. The molecule has 1 atom stereocenters. The van der Waals surface area contributed by atoms with Crippen LogP contribution < -0.4 is 5.32 Å². The second-order valence-corrected chi connectivity index (χ2v) is 4.92. The fraction of sp³-hybridized carbons (Fsp3) is 0.500. The van der Waals surface area contributed by atoms with Gasteiger partial charge in [0.15, 0.2) is 0 Å². The standard InChI is InChI=1S/C14H19N3O3/c1-2-3-6-11(14(19)20)16-13(18)10-9-15-17-8-5-4-7-12(10)17/h2,9,11H,1,3-8H2,(H,16,18)(H,19,20). The highest BCUT2D eigenvalue weighted by Crippen LogP contribution is 2.18. The minimum atomic E-state index is -1.03. The van der Waals surface area contributed by atoms with Crippen LogP contribution in [-0.2, 0) is 17.8 Å². The summed E-state index contributed by atoms with van der Waals surface area (Å²) in [6.07, 6.45) is 6.97. The van der Waals surface area contributed by atoms with Crippen molar-refractivity contribution < 1.29 is 14.7 Å². The highest BCUT2D eigenvalue weighted by Gasteiger charge is 2.24. The van der Waals surface area contributed by atoms with E-state index in [0.717, 1.165) is 31.5 Å². The Labute approximate surface area is 117 Å². The van der Waals surface area contributed by atoms with Crippen LogP contribution in [0.4, 0.5) is 0 Å². The van der Waals surface area contributed by atoms with Crippen LogP contribution in [0.5, 0.6) is 0 Å². The van der Waals surface area contributed by atoms with Gasteiger partial charge in [-0.05, 0) is 32.1 Å². The van der Waals surface area contributed by atoms with E-state index in [1.165, 1.54) is 6.20 Å². The van der Waals surface area contributed by atoms with E-state index in [-0.39, 0.29) is 5.91 Å². The zero-order valence-corrected chi connectivity index (χ0v) is 11.3. The molecule has 0 radical (unpaired) electrons. The maximum Gasteiger partial charge on any atom is 0.326 e. The molecule has 0 saturated carbocycles. The highest BCUT2D eigenvalue weighted by atomic mass is 16.4. The summed E-state index contributed by atoms with van der Waals surface area (Å²) in [7, 11) is 0. The Morgan fingerprint density at radius 1 is 1.55 bits per heavy atom. The van der Waals surface area contributed by atoms with Gasteiger partial charge >= 0.3 is 5.97 Å². The van der Waals surface area contributed by atoms with Gasteiger partial charge in [0.2, 0.25) is 0 Å². The van der Waals surface area contributed by atoms with Gasteiger partial charge in [-0.15, -0.1) is 6.58 Å². The topological polar surface area (TPSA) is 84.2 Å². The Kier molecular flexibility index (Phi) is 4.55. The number of rotatable bonds is 6. The number of allylic oxidation sites excluding steroid dienone is 1. The number of aryl methyl sites for hydroxylation is 1. The van der Waals surface area contributed by atoms with Crippen molar-refractivity contribution in [3.05, 3.63) is 30.1 Å². The lowest BCUT2D eigenvalue weighted by Gasteiger charge is -2.16. The van der Waals surface area contributed by atoms with Crippen molar-refractivity contribution in [1.82, 2.24) is 15.1 Å². The summed E-state index contributed by atoms with van der Waals surface area (Å²) in [5.41, 5.74) is 1.40. The highest BCUT2D eigenvalue weighted by molar-refractivity contribution is 5.97. The number of carboxylic acids is 1. The Balaban J connectivity index is 2.08. The third-order valence-electron chi connectivity index (χ3n) is 3.49. The van der Waals surface area contributed by atoms with Crippen LogP contribution in [-0.4, -0.2) is 32.8 Å². The van der Waals surface area contributed by atoms with Gasteiger partial charge < -0.3 is 10.4 Å². The van der Waals surface area contributed by atoms with Gasteiger partial charge in [-0.25, -0.2) is 4.79 Å². The lowest BCUT2D eigenvalue weighted by Crippen LogP contribution is -2.41. The van der Waals surface area contributed by atoms with Crippen molar-refractivity contribution in [2.75, 3.05) is 0 Å². The maximum atomic E-state index is 12.2. The second-order valence-electron chi connectivity index (χ2n) is 4.92. The lowest BCUT2D eigenvalue weighted by molar-refractivity contribution is -0.139. The predicted octanol–water partition coefficient (Wildman–Crippen LogP) is 1.37. The first-order valence-electron chi connectivity index (χ1n) is 6.82. The summed E-state index contributed by atoms with van der Waals surface area (Å²) >= 11 is 0. The van der Waals surface area contributed by atoms with Crippen LogP contribution in [0.25, 0.3) is 0 Å². The lowest BCUT2D eigenvalue weighted by atomic mass is 10.1. The molecule has 108 valence electrons. The molecule has 1 aliphatic rings. The molecule has 1 aromatic heterocycles. The van der Waals surface area contributed by atoms with Gasteiger partial charge in [-0.1, -0.05) is 6.08 Å². The zero-order valence-electron chi connectivity index (χ0n) is 11.3. The van der Waals surface area contributed by atoms with Crippen LogP contribution >= 0.6 is 0 Å². The van der Waals surface area contributed by atoms with Crippen molar-refractivity contribution in [3.8, 4) is 0 Å². The average molecular weight is 277 g/mol. The summed E-state index contributed by atoms with van der Waals surface area (Å²) in [4.78, 5) is 23.3. The number of aromatic nitrogens is 2. The number of nitrogens with zero attached hydrogens (tertiary/aromatic N) is 2. The molecule has 0 saturated heterocycles. The molecule has 20 heavy (non-hydrogen) atoms. The minimum Gasteiger partial charge on any atom is -0.480 e. The largest absolute Gasteiger partial charge is 0.480 e. The Hall–Kier alpha value is -2.11. The SMILES string of the molecule is C=CCCC(NC(=O)c1cnn2c1CCCC2)C(=O)O. The smallest absolute Gasteiger partial charge is 0.326 e. The van der Waals surface area contributed by atoms with Crippen LogP contribution in [0, 0.1) is 0 Å². The molecular formula is C14H19N3O3. The molecule has 1 unspecified atom stereocenters. The molecule has 0 aliphatic carbocycles. The summed E-state index contributed by atoms with van der Waals surface area (Å²) in [6, 6.07) is -0.889. The van der Waals surface area contributed by atoms with E-state index >= 15 is 0 Å². The first-order valence-corrected chi connectivity index (χ1v) is 6.82. The average Bonchev–Trinajstić information content (AvgIpc) is 2.87. The van der Waals surface area contributed by atoms with Gasteiger partial charge in [-0.2, -0.15) is 5.10 Å². The quantitative estimate of drug-likeness (QED) is 0.769. The molecular weight excluding hydrogens is 258 g/mol. The van der Waals surface area contributed by atoms with E-state index in [9.17, 15) is 9.59 Å². The van der Waals surface area contributed by atoms with Crippen molar-refractivity contribution >= 4 is 11.9 Å². The number of aliphatic carboxylic acids is 1. The number of hydrogen-bond donors (Lipinski definition) is 2. The second kappa shape index (κ2) is 6.36. The number of carboxylic acid groups (broad SMARTS) is 1. The molecule has 1 aliphatic heterocycles. The predicted molar refractivity (Wildman–Crippen MR) is 73.5 cm³/mol. The van der Waals surface area contributed by atoms with Crippen molar-refractivity contribution in [2.24, 2.45) is 0 Å². The molecule has 0 aromatic carbocycles. The third-order valence-corrected chi connectivity index (χ3v) is 3.49. The minimum absolute atomic E-state index is 0.341. The fourth-order valence-corrected chi connectivity index (χ4v) is 2.39. The van der Waals surface area contributed by atoms with Gasteiger partial charge in [0, 0.05) is 6.54 Å². The summed E-state index contributed by atoms with van der Waals surface area (Å²) in [5, 5.41) is 15.9. The number of hydrogen-bond acceptors (Lipinski definition) is 3. The zero-order chi connectivity index (χ0) is 14.5. The van der Waals surface area contributed by atoms with Gasteiger partial charge in [0.05, 0.1) is 17.5 Å². The van der Waals surface area contributed by atoms with Crippen LogP contribution in [0.3, 0.4) is 0 Å². The first-order chi connectivity index (χ1) is 9.63. The first kappa shape index (κ1) is 14.3. The van der Waals surface area contributed by atoms with Crippen molar-refractivity contribution in [1.29, 1.82) is 0 Å². The normalized spacial score (nSPS) is 15.2. The van der Waals surface area contributed by atoms with Gasteiger partial charge in [0.1, 0.15) is 6.04 Å². The fourth-order valence-electron chi connectivity index (χ4n) is 2.39. The molecule has 2 N–H and O–H groups in total. The molecule has 1 amide bonds. The van der Waals surface area contributed by atoms with Crippen molar-refractivity contribution in [2.45, 2.75) is 44.7 Å². The number of carbonyl (C=O) groups is 2. The van der Waals surface area contributed by atoms with E-state index in [2.05, 4.69) is 17.0 Å². The number of fused-ring (bicyclic) bond motifs is 1. The summed E-state index contributed by atoms with van der Waals surface area (Å²) < 4.78 is 1.83. The number of nitrogens with one attached hydrogen (secondary N) is 1. The monoisotopic (exact) mass is 277 g/mol. The molecule has 0 bridgehead atoms. The van der Waals surface area contributed by atoms with E-state index in [0.29, 0.717) is 18.4 Å². The van der Waals surface area contributed by atoms with Gasteiger partial charge in [-0.3, -0.25) is 9.48 Å². The number of amides is 1. The van der Waals surface area contributed by atoms with Crippen LogP contribution in [0.2, 0.25) is 0 Å². The molecule has 6 nitrogen and oxygen atoms in total. The maximum absolute atomic E-state index is 12.2. The van der Waals surface area contributed by atoms with Crippen LogP contribution in [0.15, 0.2) is 18.9 Å². The van der Waals surface area contributed by atoms with E-state index < -0.39 is 12.0 Å². The number of carbonyl (C=O) groups excluding carboxylic acids is 1. The van der Waals surface area contributed by atoms with Crippen LogP contribution in [0.1, 0.15) is 41.7 Å². The summed E-state index contributed by atoms with van der Waals surface area (Å²) in [6.45, 7) is 4.38. The third kappa shape index (κ3) is 3.07. The molecule has 0 spiro atoms. The van der Waals surface area contributed by atoms with E-state index in [4.69, 9.17) is 5.11 Å². The van der Waals surface area contributed by atoms with E-state index in [1.54, 1.807) is 6.08 Å². The molecule has 6 heteroatoms. The molecule has 0 fully saturated rings. The Morgan fingerprint density at radius 3 is 3.05 bits per heavy atom.